The van der Waals surface area contributed by atoms with Crippen LogP contribution in [0.25, 0.3) is 10.4 Å². The van der Waals surface area contributed by atoms with Crippen molar-refractivity contribution >= 4 is 11.9 Å². The highest BCUT2D eigenvalue weighted by Gasteiger charge is 2.43. The summed E-state index contributed by atoms with van der Waals surface area (Å²) in [5.74, 6) is -0.631. The number of carbonyl (C=O) groups excluding carboxylic acids is 2. The molecule has 0 aromatic carbocycles. The van der Waals surface area contributed by atoms with E-state index >= 15 is 0 Å². The fraction of sp³-hybridized carbons (Fsp3) is 0.846. The first-order chi connectivity index (χ1) is 9.90. The van der Waals surface area contributed by atoms with Gasteiger partial charge in [-0.25, -0.2) is 0 Å². The monoisotopic (exact) mass is 298 g/mol. The smallest absolute Gasteiger partial charge is 0.305 e. The van der Waals surface area contributed by atoms with Crippen LogP contribution in [0.5, 0.6) is 0 Å². The van der Waals surface area contributed by atoms with Crippen molar-refractivity contribution < 1.29 is 19.1 Å². The van der Waals surface area contributed by atoms with Crippen LogP contribution in [0.15, 0.2) is 5.11 Å². The van der Waals surface area contributed by atoms with Crippen molar-refractivity contribution in [1.29, 1.82) is 0 Å². The van der Waals surface area contributed by atoms with E-state index in [1.54, 1.807) is 0 Å². The van der Waals surface area contributed by atoms with Crippen LogP contribution in [0.1, 0.15) is 34.1 Å². The maximum atomic E-state index is 11.7. The zero-order valence-electron chi connectivity index (χ0n) is 12.8. The van der Waals surface area contributed by atoms with Gasteiger partial charge in [0.05, 0.1) is 12.1 Å². The molecule has 1 heterocycles. The van der Waals surface area contributed by atoms with Crippen molar-refractivity contribution in [1.82, 2.24) is 5.32 Å². The lowest BCUT2D eigenvalue weighted by molar-refractivity contribution is -0.231. The molecule has 0 saturated carbocycles. The number of nitrogens with one attached hydrogen (secondary N) is 1. The Labute approximate surface area is 123 Å². The zero-order chi connectivity index (χ0) is 16.0. The average Bonchev–Trinajstić information content (AvgIpc) is 2.43. The highest BCUT2D eigenvalue weighted by molar-refractivity contribution is 5.78. The second kappa shape index (κ2) is 7.85. The molecule has 1 saturated heterocycles. The number of hydrogen-bond acceptors (Lipinski definition) is 5. The molecule has 21 heavy (non-hydrogen) atoms. The molecule has 0 radical (unpaired) electrons. The highest BCUT2D eigenvalue weighted by Crippen LogP contribution is 2.32. The first-order valence-corrected chi connectivity index (χ1v) is 7.03. The molecule has 1 aliphatic heterocycles. The molecule has 8 nitrogen and oxygen atoms in total. The van der Waals surface area contributed by atoms with Crippen molar-refractivity contribution in [2.75, 3.05) is 6.54 Å². The van der Waals surface area contributed by atoms with E-state index in [-0.39, 0.29) is 24.5 Å². The highest BCUT2D eigenvalue weighted by atomic mass is 16.7. The van der Waals surface area contributed by atoms with Crippen molar-refractivity contribution in [3.63, 3.8) is 0 Å². The summed E-state index contributed by atoms with van der Waals surface area (Å²) in [4.78, 5) is 25.5. The van der Waals surface area contributed by atoms with Crippen LogP contribution in [0.3, 0.4) is 0 Å². The Balaban J connectivity index is 2.85. The lowest BCUT2D eigenvalue weighted by Crippen LogP contribution is -2.58. The van der Waals surface area contributed by atoms with E-state index in [9.17, 15) is 9.59 Å². The molecule has 1 aliphatic rings. The van der Waals surface area contributed by atoms with Gasteiger partial charge in [-0.3, -0.25) is 9.59 Å². The minimum Gasteiger partial charge on any atom is -0.434 e. The predicted octanol–water partition coefficient (Wildman–Crippen LogP) is 1.75. The summed E-state index contributed by atoms with van der Waals surface area (Å²) in [7, 11) is 0. The van der Waals surface area contributed by atoms with Crippen LogP contribution in [0.2, 0.25) is 0 Å². The molecule has 1 amide bonds. The number of hydrogen-bond donors (Lipinski definition) is 1. The maximum absolute atomic E-state index is 11.7. The van der Waals surface area contributed by atoms with E-state index in [0.717, 1.165) is 6.42 Å². The minimum absolute atomic E-state index is 0.0327. The van der Waals surface area contributed by atoms with E-state index in [0.29, 0.717) is 0 Å². The molecule has 1 fully saturated rings. The van der Waals surface area contributed by atoms with Gasteiger partial charge in [-0.2, -0.15) is 0 Å². The van der Waals surface area contributed by atoms with E-state index < -0.39 is 24.2 Å². The normalized spacial score (nSPS) is 31.9. The van der Waals surface area contributed by atoms with E-state index in [2.05, 4.69) is 15.3 Å². The summed E-state index contributed by atoms with van der Waals surface area (Å²) < 4.78 is 11.0. The molecule has 5 atom stereocenters. The van der Waals surface area contributed by atoms with Crippen LogP contribution in [0, 0.1) is 11.8 Å². The third-order valence-corrected chi connectivity index (χ3v) is 3.87. The summed E-state index contributed by atoms with van der Waals surface area (Å²) in [6, 6.07) is -0.465. The van der Waals surface area contributed by atoms with Gasteiger partial charge in [-0.1, -0.05) is 25.9 Å². The van der Waals surface area contributed by atoms with Crippen LogP contribution in [-0.4, -0.2) is 36.9 Å². The molecule has 0 bridgehead atoms. The van der Waals surface area contributed by atoms with Crippen LogP contribution in [0.4, 0.5) is 0 Å². The SMILES string of the molecule is CCC1O[C@@H](OC(C)=O)[C@H](NC(=O)CN=[N+]=[N-])C(C)[C@@H]1C. The summed E-state index contributed by atoms with van der Waals surface area (Å²) >= 11 is 0. The third-order valence-electron chi connectivity index (χ3n) is 3.87. The Kier molecular flexibility index (Phi) is 6.45. The van der Waals surface area contributed by atoms with Gasteiger partial charge in [0.2, 0.25) is 12.2 Å². The molecule has 8 heteroatoms. The lowest BCUT2D eigenvalue weighted by Gasteiger charge is -2.44. The van der Waals surface area contributed by atoms with Crippen molar-refractivity contribution in [2.24, 2.45) is 17.0 Å². The van der Waals surface area contributed by atoms with Gasteiger partial charge in [-0.15, -0.1) is 0 Å². The summed E-state index contributed by atoms with van der Waals surface area (Å²) in [6.07, 6.45) is -0.0637. The predicted molar refractivity (Wildman–Crippen MR) is 75.0 cm³/mol. The number of carbonyl (C=O) groups is 2. The number of ether oxygens (including phenoxy) is 2. The maximum Gasteiger partial charge on any atom is 0.305 e. The molecule has 118 valence electrons. The van der Waals surface area contributed by atoms with Crippen LogP contribution >= 0.6 is 0 Å². The fourth-order valence-corrected chi connectivity index (χ4v) is 2.55. The number of esters is 1. The average molecular weight is 298 g/mol. The van der Waals surface area contributed by atoms with Gasteiger partial charge in [0, 0.05) is 11.8 Å². The first-order valence-electron chi connectivity index (χ1n) is 7.03. The van der Waals surface area contributed by atoms with Gasteiger partial charge in [0.1, 0.15) is 6.54 Å². The Bertz CT molecular complexity index is 436. The van der Waals surface area contributed by atoms with Crippen LogP contribution < -0.4 is 5.32 Å². The summed E-state index contributed by atoms with van der Waals surface area (Å²) in [6.45, 7) is 7.02. The van der Waals surface area contributed by atoms with Gasteiger partial charge >= 0.3 is 5.97 Å². The largest absolute Gasteiger partial charge is 0.434 e. The molecule has 1 N–H and O–H groups in total. The number of azide groups is 1. The lowest BCUT2D eigenvalue weighted by atomic mass is 9.81. The number of nitrogens with zero attached hydrogens (tertiary/aromatic N) is 3. The van der Waals surface area contributed by atoms with Gasteiger partial charge in [0.15, 0.2) is 0 Å². The molecule has 1 rings (SSSR count). The zero-order valence-corrected chi connectivity index (χ0v) is 12.8. The Morgan fingerprint density at radius 3 is 2.57 bits per heavy atom. The molecule has 0 aliphatic carbocycles. The standard InChI is InChI=1S/C13H22N4O4/c1-5-10-7(2)8(3)12(13(21-10)20-9(4)18)16-11(19)6-15-17-14/h7-8,10,12-13H,5-6H2,1-4H3,(H,16,19)/t7-,8?,10?,12+,13+/m0/s1. The van der Waals surface area contributed by atoms with E-state index in [1.807, 2.05) is 20.8 Å². The second-order valence-electron chi connectivity index (χ2n) is 5.26. The van der Waals surface area contributed by atoms with Gasteiger partial charge < -0.3 is 14.8 Å². The molecular formula is C13H22N4O4. The number of rotatable bonds is 5. The summed E-state index contributed by atoms with van der Waals surface area (Å²) in [5.41, 5.74) is 8.24. The third kappa shape index (κ3) is 4.61. The Hall–Kier alpha value is -1.79. The minimum atomic E-state index is -0.825. The molecule has 2 unspecified atom stereocenters. The quantitative estimate of drug-likeness (QED) is 0.360. The van der Waals surface area contributed by atoms with E-state index in [1.165, 1.54) is 6.92 Å². The number of amides is 1. The topological polar surface area (TPSA) is 113 Å². The summed E-state index contributed by atoms with van der Waals surface area (Å²) in [5, 5.41) is 5.95. The van der Waals surface area contributed by atoms with Crippen molar-refractivity contribution in [2.45, 2.75) is 52.6 Å². The molecular weight excluding hydrogens is 276 g/mol. The molecule has 0 aromatic heterocycles. The van der Waals surface area contributed by atoms with Crippen molar-refractivity contribution in [3.05, 3.63) is 10.4 Å². The Morgan fingerprint density at radius 1 is 1.38 bits per heavy atom. The molecule has 0 spiro atoms. The Morgan fingerprint density at radius 2 is 2.05 bits per heavy atom. The second-order valence-corrected chi connectivity index (χ2v) is 5.26. The van der Waals surface area contributed by atoms with Gasteiger partial charge in [0.25, 0.3) is 0 Å². The van der Waals surface area contributed by atoms with E-state index in [4.69, 9.17) is 15.0 Å². The van der Waals surface area contributed by atoms with Crippen molar-refractivity contribution in [3.8, 4) is 0 Å². The molecule has 0 aromatic rings. The van der Waals surface area contributed by atoms with Crippen LogP contribution in [-0.2, 0) is 19.1 Å². The first kappa shape index (κ1) is 17.3. The van der Waals surface area contributed by atoms with Gasteiger partial charge in [-0.05, 0) is 23.8 Å². The fourth-order valence-electron chi connectivity index (χ4n) is 2.55.